The van der Waals surface area contributed by atoms with Gasteiger partial charge in [-0.3, -0.25) is 4.68 Å². The topological polar surface area (TPSA) is 24.3 Å². The SMILES string of the molecule is C.CCC(C)C.Cc1ccc(N2CCN(C)CC2)cc1.Cc1ccccc1.Cc1cnn(C)c1. The monoisotopic (exact) mass is 466 g/mol. The van der Waals surface area contributed by atoms with Gasteiger partial charge in [0.05, 0.1) is 6.20 Å². The first-order valence-corrected chi connectivity index (χ1v) is 12.2. The van der Waals surface area contributed by atoms with Crippen molar-refractivity contribution >= 4 is 5.69 Å². The number of hydrogen-bond donors (Lipinski definition) is 0. The van der Waals surface area contributed by atoms with Gasteiger partial charge in [-0.25, -0.2) is 0 Å². The molecule has 0 saturated carbocycles. The highest BCUT2D eigenvalue weighted by Crippen LogP contribution is 2.16. The van der Waals surface area contributed by atoms with Gasteiger partial charge in [0.1, 0.15) is 0 Å². The van der Waals surface area contributed by atoms with E-state index in [0.29, 0.717) is 0 Å². The average molecular weight is 467 g/mol. The van der Waals surface area contributed by atoms with Crippen molar-refractivity contribution in [1.82, 2.24) is 14.7 Å². The van der Waals surface area contributed by atoms with E-state index in [1.807, 2.05) is 44.6 Å². The maximum absolute atomic E-state index is 3.93. The molecule has 2 heterocycles. The summed E-state index contributed by atoms with van der Waals surface area (Å²) in [4.78, 5) is 4.84. The fourth-order valence-electron chi connectivity index (χ4n) is 2.90. The summed E-state index contributed by atoms with van der Waals surface area (Å²) in [5.74, 6) is 0.884. The number of aromatic nitrogens is 2. The van der Waals surface area contributed by atoms with Crippen LogP contribution in [0.1, 0.15) is 51.3 Å². The van der Waals surface area contributed by atoms with Gasteiger partial charge in [0, 0.05) is 45.1 Å². The van der Waals surface area contributed by atoms with E-state index in [1.54, 1.807) is 4.68 Å². The lowest BCUT2D eigenvalue weighted by Gasteiger charge is -2.34. The molecule has 0 bridgehead atoms. The van der Waals surface area contributed by atoms with Gasteiger partial charge in [-0.2, -0.15) is 5.10 Å². The molecule has 1 saturated heterocycles. The maximum atomic E-state index is 3.93. The lowest BCUT2D eigenvalue weighted by Crippen LogP contribution is -2.44. The van der Waals surface area contributed by atoms with Crippen LogP contribution in [0.15, 0.2) is 67.0 Å². The second kappa shape index (κ2) is 17.8. The molecule has 0 N–H and O–H groups in total. The van der Waals surface area contributed by atoms with E-state index in [9.17, 15) is 0 Å². The summed E-state index contributed by atoms with van der Waals surface area (Å²) in [6.45, 7) is 17.5. The standard InChI is InChI=1S/C12H18N2.C7H8.C5H8N2.C5H12.CH4/c1-11-3-5-12(6-4-11)14-9-7-13(2)8-10-14;1-7-5-3-2-4-6-7;1-5-3-6-7(2)4-5;1-4-5(2)3;/h3-6H,7-10H2,1-2H3;2-6H,1H3;3-4H,1-2H3;5H,4H2,1-3H3;1H4. The summed E-state index contributed by atoms with van der Waals surface area (Å²) < 4.78 is 1.79. The molecule has 0 unspecified atom stereocenters. The second-order valence-electron chi connectivity index (χ2n) is 9.27. The van der Waals surface area contributed by atoms with Gasteiger partial charge in [0.25, 0.3) is 0 Å². The molecule has 34 heavy (non-hydrogen) atoms. The normalized spacial score (nSPS) is 12.8. The lowest BCUT2D eigenvalue weighted by molar-refractivity contribution is 0.313. The Kier molecular flexibility index (Phi) is 16.5. The number of benzene rings is 2. The van der Waals surface area contributed by atoms with Gasteiger partial charge >= 0.3 is 0 Å². The average Bonchev–Trinajstić information content (AvgIpc) is 3.19. The predicted molar refractivity (Wildman–Crippen MR) is 152 cm³/mol. The Morgan fingerprint density at radius 1 is 0.765 bits per heavy atom. The molecule has 0 aliphatic carbocycles. The molecule has 1 aliphatic rings. The van der Waals surface area contributed by atoms with Crippen molar-refractivity contribution in [2.45, 2.75) is 55.4 Å². The number of aryl methyl sites for hydroxylation is 4. The van der Waals surface area contributed by atoms with Crippen LogP contribution >= 0.6 is 0 Å². The summed E-state index contributed by atoms with van der Waals surface area (Å²) in [5, 5.41) is 3.93. The van der Waals surface area contributed by atoms with Crippen molar-refractivity contribution < 1.29 is 0 Å². The van der Waals surface area contributed by atoms with Gasteiger partial charge < -0.3 is 9.80 Å². The van der Waals surface area contributed by atoms with Crippen LogP contribution in [-0.2, 0) is 7.05 Å². The Morgan fingerprint density at radius 2 is 1.26 bits per heavy atom. The van der Waals surface area contributed by atoms with Crippen LogP contribution in [-0.4, -0.2) is 47.9 Å². The Hall–Kier alpha value is -2.59. The van der Waals surface area contributed by atoms with Gasteiger partial charge in [-0.15, -0.1) is 0 Å². The van der Waals surface area contributed by atoms with Crippen molar-refractivity contribution in [2.24, 2.45) is 13.0 Å². The highest BCUT2D eigenvalue weighted by molar-refractivity contribution is 5.47. The smallest absolute Gasteiger partial charge is 0.0518 e. The maximum Gasteiger partial charge on any atom is 0.0518 e. The number of rotatable bonds is 2. The molecule has 3 aromatic rings. The van der Waals surface area contributed by atoms with Crippen LogP contribution in [0.25, 0.3) is 0 Å². The van der Waals surface area contributed by atoms with Gasteiger partial charge in [-0.1, -0.05) is 88.2 Å². The third kappa shape index (κ3) is 14.5. The Morgan fingerprint density at radius 3 is 1.59 bits per heavy atom. The first kappa shape index (κ1) is 31.4. The highest BCUT2D eigenvalue weighted by atomic mass is 15.2. The predicted octanol–water partition coefficient (Wildman–Crippen LogP) is 7.16. The molecule has 190 valence electrons. The number of anilines is 1. The van der Waals surface area contributed by atoms with Crippen molar-refractivity contribution in [2.75, 3.05) is 38.1 Å². The molecule has 2 aromatic carbocycles. The minimum Gasteiger partial charge on any atom is -0.369 e. The molecule has 0 amide bonds. The van der Waals surface area contributed by atoms with E-state index >= 15 is 0 Å². The highest BCUT2D eigenvalue weighted by Gasteiger charge is 2.13. The van der Waals surface area contributed by atoms with Crippen LogP contribution in [0.2, 0.25) is 0 Å². The Labute approximate surface area is 210 Å². The summed E-state index contributed by atoms with van der Waals surface area (Å²) in [5.41, 5.74) is 5.23. The fraction of sp³-hybridized carbons (Fsp3) is 0.500. The van der Waals surface area contributed by atoms with Crippen molar-refractivity contribution in [3.8, 4) is 0 Å². The van der Waals surface area contributed by atoms with Crippen LogP contribution in [0.4, 0.5) is 5.69 Å². The molecule has 1 aromatic heterocycles. The van der Waals surface area contributed by atoms with E-state index in [-0.39, 0.29) is 7.43 Å². The lowest BCUT2D eigenvalue weighted by atomic mass is 10.2. The van der Waals surface area contributed by atoms with Crippen molar-refractivity contribution in [1.29, 1.82) is 0 Å². The van der Waals surface area contributed by atoms with Crippen molar-refractivity contribution in [3.63, 3.8) is 0 Å². The largest absolute Gasteiger partial charge is 0.369 e. The number of likely N-dealkylation sites (N-methyl/N-ethyl adjacent to an activating group) is 1. The Bertz CT molecular complexity index is 829. The van der Waals surface area contributed by atoms with E-state index in [1.165, 1.54) is 41.9 Å². The molecule has 4 heteroatoms. The summed E-state index contributed by atoms with van der Waals surface area (Å²) in [6.07, 6.45) is 5.11. The third-order valence-electron chi connectivity index (χ3n) is 5.49. The zero-order valence-electron chi connectivity index (χ0n) is 22.3. The van der Waals surface area contributed by atoms with Gasteiger partial charge in [-0.05, 0) is 51.4 Å². The summed E-state index contributed by atoms with van der Waals surface area (Å²) in [6, 6.07) is 19.1. The van der Waals surface area contributed by atoms with Crippen molar-refractivity contribution in [3.05, 3.63) is 83.7 Å². The van der Waals surface area contributed by atoms with E-state index in [0.717, 1.165) is 19.0 Å². The summed E-state index contributed by atoms with van der Waals surface area (Å²) >= 11 is 0. The van der Waals surface area contributed by atoms with Gasteiger partial charge in [0.15, 0.2) is 0 Å². The molecule has 4 nitrogen and oxygen atoms in total. The van der Waals surface area contributed by atoms with E-state index in [2.05, 4.69) is 93.0 Å². The zero-order valence-corrected chi connectivity index (χ0v) is 22.3. The van der Waals surface area contributed by atoms with E-state index in [4.69, 9.17) is 0 Å². The van der Waals surface area contributed by atoms with E-state index < -0.39 is 0 Å². The molecule has 0 radical (unpaired) electrons. The van der Waals surface area contributed by atoms with Crippen LogP contribution in [0.3, 0.4) is 0 Å². The molecular weight excluding hydrogens is 416 g/mol. The quantitative estimate of drug-likeness (QED) is 0.400. The second-order valence-corrected chi connectivity index (χ2v) is 9.27. The van der Waals surface area contributed by atoms with Crippen LogP contribution < -0.4 is 4.90 Å². The number of hydrogen-bond acceptors (Lipinski definition) is 3. The fourth-order valence-corrected chi connectivity index (χ4v) is 2.90. The first-order chi connectivity index (χ1) is 15.7. The molecule has 0 spiro atoms. The van der Waals surface area contributed by atoms with Gasteiger partial charge in [0.2, 0.25) is 0 Å². The summed E-state index contributed by atoms with van der Waals surface area (Å²) in [7, 11) is 4.10. The van der Waals surface area contributed by atoms with Crippen LogP contribution in [0.5, 0.6) is 0 Å². The molecule has 1 aliphatic heterocycles. The number of piperazine rings is 1. The molecular formula is C30H50N4. The number of nitrogens with zero attached hydrogens (tertiary/aromatic N) is 4. The molecule has 1 fully saturated rings. The minimum atomic E-state index is 0. The zero-order chi connectivity index (χ0) is 24.6. The van der Waals surface area contributed by atoms with Crippen LogP contribution in [0, 0.1) is 26.7 Å². The first-order valence-electron chi connectivity index (χ1n) is 12.2. The minimum absolute atomic E-state index is 0. The third-order valence-corrected chi connectivity index (χ3v) is 5.49. The molecule has 0 atom stereocenters. The molecule has 4 rings (SSSR count). The Balaban J connectivity index is 0.000000464.